The number of carboxylic acids is 1. The zero-order chi connectivity index (χ0) is 14.4. The lowest BCUT2D eigenvalue weighted by Crippen LogP contribution is -2.48. The highest BCUT2D eigenvalue weighted by Gasteiger charge is 2.31. The zero-order valence-corrected chi connectivity index (χ0v) is 11.5. The van der Waals surface area contributed by atoms with Gasteiger partial charge in [-0.05, 0) is 12.1 Å². The van der Waals surface area contributed by atoms with Crippen molar-refractivity contribution in [3.8, 4) is 0 Å². The van der Waals surface area contributed by atoms with Crippen LogP contribution in [0, 0.1) is 0 Å². The molecule has 0 fully saturated rings. The van der Waals surface area contributed by atoms with Gasteiger partial charge < -0.3 is 10.8 Å². The molecule has 1 rings (SSSR count). The number of nitrogens with two attached hydrogens (primary N) is 1. The number of carbonyl (C=O) groups is 3. The third kappa shape index (κ3) is 4.06. The number of primary amides is 1. The van der Waals surface area contributed by atoms with Gasteiger partial charge in [0.05, 0.1) is 11.8 Å². The van der Waals surface area contributed by atoms with E-state index in [0.29, 0.717) is 5.69 Å². The van der Waals surface area contributed by atoms with Crippen LogP contribution in [0.1, 0.15) is 6.42 Å². The van der Waals surface area contributed by atoms with E-state index in [9.17, 15) is 19.5 Å². The van der Waals surface area contributed by atoms with Gasteiger partial charge in [0, 0.05) is 5.69 Å². The van der Waals surface area contributed by atoms with E-state index >= 15 is 0 Å². The Morgan fingerprint density at radius 2 is 1.84 bits per heavy atom. The van der Waals surface area contributed by atoms with Crippen LogP contribution >= 0.6 is 15.9 Å². The van der Waals surface area contributed by atoms with Gasteiger partial charge in [-0.25, -0.2) is 4.79 Å². The number of hydrogen-bond acceptors (Lipinski definition) is 3. The number of rotatable bonds is 6. The van der Waals surface area contributed by atoms with Gasteiger partial charge in [0.15, 0.2) is 0 Å². The highest BCUT2D eigenvalue weighted by molar-refractivity contribution is 9.09. The zero-order valence-electron chi connectivity index (χ0n) is 9.95. The molecule has 1 aromatic carbocycles. The highest BCUT2D eigenvalue weighted by atomic mass is 79.9. The lowest BCUT2D eigenvalue weighted by molar-refractivity contribution is -0.141. The summed E-state index contributed by atoms with van der Waals surface area (Å²) in [6.07, 6.45) is -0.442. The fourth-order valence-electron chi connectivity index (χ4n) is 1.63. The van der Waals surface area contributed by atoms with Gasteiger partial charge in [-0.3, -0.25) is 14.5 Å². The van der Waals surface area contributed by atoms with E-state index < -0.39 is 30.2 Å². The second kappa shape index (κ2) is 6.89. The smallest absolute Gasteiger partial charge is 0.327 e. The van der Waals surface area contributed by atoms with Crippen molar-refractivity contribution in [3.05, 3.63) is 30.3 Å². The second-order valence-electron chi connectivity index (χ2n) is 3.76. The first-order valence-electron chi connectivity index (χ1n) is 5.41. The van der Waals surface area contributed by atoms with E-state index in [1.807, 2.05) is 0 Å². The van der Waals surface area contributed by atoms with E-state index in [1.54, 1.807) is 30.3 Å². The molecule has 6 nitrogen and oxygen atoms in total. The minimum atomic E-state index is -1.31. The highest BCUT2D eigenvalue weighted by Crippen LogP contribution is 2.19. The molecule has 0 aromatic heterocycles. The first kappa shape index (κ1) is 15.2. The van der Waals surface area contributed by atoms with Crippen LogP contribution in [0.3, 0.4) is 0 Å². The molecule has 1 aromatic rings. The Balaban J connectivity index is 3.18. The number of carboxylic acid groups (broad SMARTS) is 1. The van der Waals surface area contributed by atoms with Gasteiger partial charge >= 0.3 is 5.97 Å². The number of halogens is 1. The van der Waals surface area contributed by atoms with Crippen molar-refractivity contribution in [3.63, 3.8) is 0 Å². The number of para-hydroxylation sites is 1. The topological polar surface area (TPSA) is 101 Å². The van der Waals surface area contributed by atoms with Crippen molar-refractivity contribution < 1.29 is 19.5 Å². The Morgan fingerprint density at radius 1 is 1.26 bits per heavy atom. The molecule has 1 atom stereocenters. The standard InChI is InChI=1S/C12H13BrN2O4/c13-7-11(17)15(8-4-2-1-3-5-8)9(12(18)19)6-10(14)16/h1-5,9H,6-7H2,(H2,14,16)(H,18,19)/t9-/m0/s1. The Labute approximate surface area is 118 Å². The van der Waals surface area contributed by atoms with Crippen molar-refractivity contribution in [1.29, 1.82) is 0 Å². The molecule has 2 amide bonds. The van der Waals surface area contributed by atoms with E-state index in [4.69, 9.17) is 5.73 Å². The molecule has 0 aliphatic carbocycles. The summed E-state index contributed by atoms with van der Waals surface area (Å²) in [5.74, 6) is -2.52. The molecule has 102 valence electrons. The Hall–Kier alpha value is -1.89. The summed E-state index contributed by atoms with van der Waals surface area (Å²) in [5.41, 5.74) is 5.44. The number of amides is 2. The first-order valence-corrected chi connectivity index (χ1v) is 6.53. The number of aliphatic carboxylic acids is 1. The van der Waals surface area contributed by atoms with Crippen molar-refractivity contribution in [2.75, 3.05) is 10.2 Å². The van der Waals surface area contributed by atoms with Crippen LogP contribution in [0.4, 0.5) is 5.69 Å². The summed E-state index contributed by atoms with van der Waals surface area (Å²) in [5, 5.41) is 9.13. The number of alkyl halides is 1. The number of hydrogen-bond donors (Lipinski definition) is 2. The molecule has 0 saturated heterocycles. The largest absolute Gasteiger partial charge is 0.480 e. The molecule has 0 aliphatic rings. The fourth-order valence-corrected chi connectivity index (χ4v) is 1.90. The van der Waals surface area contributed by atoms with Crippen LogP contribution in [0.15, 0.2) is 30.3 Å². The molecule has 0 unspecified atom stereocenters. The van der Waals surface area contributed by atoms with Crippen LogP contribution < -0.4 is 10.6 Å². The second-order valence-corrected chi connectivity index (χ2v) is 4.32. The van der Waals surface area contributed by atoms with Gasteiger partial charge in [0.2, 0.25) is 11.8 Å². The van der Waals surface area contributed by atoms with E-state index in [-0.39, 0.29) is 5.33 Å². The Bertz CT molecular complexity index is 478. The van der Waals surface area contributed by atoms with Crippen LogP contribution in [0.25, 0.3) is 0 Å². The molecule has 3 N–H and O–H groups in total. The summed E-state index contributed by atoms with van der Waals surface area (Å²) in [6, 6.07) is 6.96. The third-order valence-corrected chi connectivity index (χ3v) is 2.89. The maximum Gasteiger partial charge on any atom is 0.327 e. The molecule has 19 heavy (non-hydrogen) atoms. The minimum absolute atomic E-state index is 0.0512. The minimum Gasteiger partial charge on any atom is -0.480 e. The van der Waals surface area contributed by atoms with E-state index in [0.717, 1.165) is 4.90 Å². The molecule has 0 spiro atoms. The van der Waals surface area contributed by atoms with Gasteiger partial charge in [-0.15, -0.1) is 0 Å². The molecule has 0 saturated carbocycles. The average molecular weight is 329 g/mol. The summed E-state index contributed by atoms with van der Waals surface area (Å²) in [7, 11) is 0. The first-order chi connectivity index (χ1) is 8.97. The van der Waals surface area contributed by atoms with Crippen LogP contribution in [-0.2, 0) is 14.4 Å². The molecule has 0 bridgehead atoms. The number of carbonyl (C=O) groups excluding carboxylic acids is 2. The Kier molecular flexibility index (Phi) is 5.50. The molecular formula is C12H13BrN2O4. The van der Waals surface area contributed by atoms with Crippen LogP contribution in [-0.4, -0.2) is 34.3 Å². The maximum atomic E-state index is 11.9. The van der Waals surface area contributed by atoms with Gasteiger partial charge in [0.25, 0.3) is 0 Å². The van der Waals surface area contributed by atoms with Crippen LogP contribution in [0.5, 0.6) is 0 Å². The quantitative estimate of drug-likeness (QED) is 0.752. The predicted octanol–water partition coefficient (Wildman–Crippen LogP) is 0.743. The van der Waals surface area contributed by atoms with Gasteiger partial charge in [-0.2, -0.15) is 0 Å². The molecule has 7 heteroatoms. The lowest BCUT2D eigenvalue weighted by Gasteiger charge is -2.27. The fraction of sp³-hybridized carbons (Fsp3) is 0.250. The molecule has 0 aliphatic heterocycles. The third-order valence-electron chi connectivity index (χ3n) is 2.41. The summed E-state index contributed by atoms with van der Waals surface area (Å²) >= 11 is 3.00. The predicted molar refractivity (Wildman–Crippen MR) is 73.0 cm³/mol. The van der Waals surface area contributed by atoms with Crippen molar-refractivity contribution in [1.82, 2.24) is 0 Å². The summed E-state index contributed by atoms with van der Waals surface area (Å²) in [6.45, 7) is 0. The van der Waals surface area contributed by atoms with E-state index in [1.165, 1.54) is 0 Å². The number of benzene rings is 1. The van der Waals surface area contributed by atoms with Crippen molar-refractivity contribution >= 4 is 39.4 Å². The maximum absolute atomic E-state index is 11.9. The average Bonchev–Trinajstić information content (AvgIpc) is 2.38. The SMILES string of the molecule is NC(=O)C[C@@H](C(=O)O)N(C(=O)CBr)c1ccccc1. The summed E-state index contributed by atoms with van der Waals surface area (Å²) < 4.78 is 0. The van der Waals surface area contributed by atoms with Crippen LogP contribution in [0.2, 0.25) is 0 Å². The molecular weight excluding hydrogens is 316 g/mol. The van der Waals surface area contributed by atoms with Gasteiger partial charge in [0.1, 0.15) is 6.04 Å². The number of anilines is 1. The monoisotopic (exact) mass is 328 g/mol. The van der Waals surface area contributed by atoms with Gasteiger partial charge in [-0.1, -0.05) is 34.1 Å². The lowest BCUT2D eigenvalue weighted by atomic mass is 10.1. The number of nitrogens with zero attached hydrogens (tertiary/aromatic N) is 1. The normalized spacial score (nSPS) is 11.6. The Morgan fingerprint density at radius 3 is 2.26 bits per heavy atom. The van der Waals surface area contributed by atoms with Crippen molar-refractivity contribution in [2.45, 2.75) is 12.5 Å². The summed E-state index contributed by atoms with van der Waals surface area (Å²) in [4.78, 5) is 35.2. The van der Waals surface area contributed by atoms with E-state index in [2.05, 4.69) is 15.9 Å². The molecule has 0 heterocycles. The van der Waals surface area contributed by atoms with Crippen molar-refractivity contribution in [2.24, 2.45) is 5.73 Å². The molecule has 0 radical (unpaired) electrons.